The van der Waals surface area contributed by atoms with Crippen molar-refractivity contribution in [3.63, 3.8) is 0 Å². The fourth-order valence-corrected chi connectivity index (χ4v) is 5.39. The van der Waals surface area contributed by atoms with E-state index < -0.39 is 35.1 Å². The predicted octanol–water partition coefficient (Wildman–Crippen LogP) is 4.73. The number of benzene rings is 2. The normalized spacial score (nSPS) is 21.4. The molecule has 0 aromatic heterocycles. The zero-order valence-electron chi connectivity index (χ0n) is 21.4. The third-order valence-corrected chi connectivity index (χ3v) is 7.32. The van der Waals surface area contributed by atoms with Gasteiger partial charge in [0.25, 0.3) is 0 Å². The van der Waals surface area contributed by atoms with Crippen LogP contribution in [0.5, 0.6) is 0 Å². The summed E-state index contributed by atoms with van der Waals surface area (Å²) >= 11 is 6.10. The molecule has 8 nitrogen and oxygen atoms in total. The van der Waals surface area contributed by atoms with Crippen LogP contribution in [0.2, 0.25) is 5.02 Å². The number of hydrogen-bond acceptors (Lipinski definition) is 5. The lowest BCUT2D eigenvalue weighted by Crippen LogP contribution is -2.52. The third-order valence-electron chi connectivity index (χ3n) is 7.08. The summed E-state index contributed by atoms with van der Waals surface area (Å²) in [5.41, 5.74) is 0.191. The molecule has 2 N–H and O–H groups in total. The summed E-state index contributed by atoms with van der Waals surface area (Å²) in [6, 6.07) is 14.8. The highest BCUT2D eigenvalue weighted by atomic mass is 35.5. The van der Waals surface area contributed by atoms with Gasteiger partial charge in [-0.1, -0.05) is 55.8 Å². The van der Waals surface area contributed by atoms with Crippen molar-refractivity contribution >= 4 is 35.2 Å². The van der Waals surface area contributed by atoms with Gasteiger partial charge in [-0.15, -0.1) is 0 Å². The molecular formula is C28H31ClN4O4. The van der Waals surface area contributed by atoms with E-state index in [2.05, 4.69) is 16.7 Å². The number of carbonyl (C=O) groups is 3. The number of halogens is 1. The van der Waals surface area contributed by atoms with Gasteiger partial charge in [-0.25, -0.2) is 4.79 Å². The predicted molar refractivity (Wildman–Crippen MR) is 140 cm³/mol. The molecule has 37 heavy (non-hydrogen) atoms. The molecule has 0 radical (unpaired) electrons. The van der Waals surface area contributed by atoms with Crippen LogP contribution in [-0.4, -0.2) is 41.4 Å². The molecule has 2 aliphatic heterocycles. The first-order valence-electron chi connectivity index (χ1n) is 12.3. The number of nitrogens with one attached hydrogen (secondary N) is 2. The van der Waals surface area contributed by atoms with Gasteiger partial charge in [-0.2, -0.15) is 5.26 Å². The molecule has 0 bridgehead atoms. The van der Waals surface area contributed by atoms with E-state index in [9.17, 15) is 19.6 Å². The smallest absolute Gasteiger partial charge is 0.408 e. The summed E-state index contributed by atoms with van der Waals surface area (Å²) in [4.78, 5) is 41.3. The lowest BCUT2D eigenvalue weighted by molar-refractivity contribution is -0.134. The second-order valence-corrected chi connectivity index (χ2v) is 11.1. The maximum atomic E-state index is 13.8. The highest BCUT2D eigenvalue weighted by Crippen LogP contribution is 2.46. The number of alkyl carbamates (subject to hydrolysis) is 1. The number of amides is 3. The largest absolute Gasteiger partial charge is 0.439 e. The number of nitrogens with zero attached hydrogens (tertiary/aromatic N) is 2. The van der Waals surface area contributed by atoms with Crippen molar-refractivity contribution in [2.24, 2.45) is 5.92 Å². The number of hydrogen-bond donors (Lipinski definition) is 2. The standard InChI is InChI=1S/C28H31ClN4O4/c1-17(2)12-23(32-26(36)37-27(3,4)18-8-7-9-19(29)13-18)24(34)33-16-28(14-20(33)15-30)21-10-5-6-11-22(21)31-25(28)35/h5-11,13,17,20,23H,12,14,16H2,1-4H3,(H,31,35)(H,32,36)/t20-,23-,28-/m0/s1. The van der Waals surface area contributed by atoms with Crippen molar-refractivity contribution in [1.29, 1.82) is 5.26 Å². The van der Waals surface area contributed by atoms with Gasteiger partial charge in [-0.3, -0.25) is 9.59 Å². The monoisotopic (exact) mass is 522 g/mol. The van der Waals surface area contributed by atoms with E-state index in [0.717, 1.165) is 5.56 Å². The van der Waals surface area contributed by atoms with Crippen molar-refractivity contribution in [3.8, 4) is 6.07 Å². The fourth-order valence-electron chi connectivity index (χ4n) is 5.20. The number of para-hydroxylation sites is 1. The van der Waals surface area contributed by atoms with Crippen LogP contribution in [-0.2, 0) is 25.3 Å². The van der Waals surface area contributed by atoms with Crippen LogP contribution >= 0.6 is 11.6 Å². The molecule has 0 unspecified atom stereocenters. The summed E-state index contributed by atoms with van der Waals surface area (Å²) in [7, 11) is 0. The number of nitriles is 1. The summed E-state index contributed by atoms with van der Waals surface area (Å²) < 4.78 is 5.71. The Labute approximate surface area is 221 Å². The lowest BCUT2D eigenvalue weighted by atomic mass is 9.80. The zero-order valence-corrected chi connectivity index (χ0v) is 22.1. The number of likely N-dealkylation sites (tertiary alicyclic amines) is 1. The van der Waals surface area contributed by atoms with Crippen LogP contribution in [0.4, 0.5) is 10.5 Å². The molecule has 0 aliphatic carbocycles. The second kappa shape index (κ2) is 10.1. The summed E-state index contributed by atoms with van der Waals surface area (Å²) in [5.74, 6) is -0.560. The molecule has 1 spiro atoms. The number of anilines is 1. The van der Waals surface area contributed by atoms with E-state index >= 15 is 0 Å². The van der Waals surface area contributed by atoms with Crippen molar-refractivity contribution in [1.82, 2.24) is 10.2 Å². The van der Waals surface area contributed by atoms with E-state index in [1.807, 2.05) is 44.2 Å². The Bertz CT molecular complexity index is 1270. The zero-order chi connectivity index (χ0) is 27.0. The van der Waals surface area contributed by atoms with Crippen LogP contribution in [0.3, 0.4) is 0 Å². The van der Waals surface area contributed by atoms with E-state index in [-0.39, 0.29) is 24.8 Å². The molecular weight excluding hydrogens is 492 g/mol. The van der Waals surface area contributed by atoms with Crippen LogP contribution in [0, 0.1) is 17.2 Å². The number of ether oxygens (including phenoxy) is 1. The first-order valence-corrected chi connectivity index (χ1v) is 12.7. The Hall–Kier alpha value is -3.57. The molecule has 9 heteroatoms. The van der Waals surface area contributed by atoms with E-state index in [0.29, 0.717) is 22.7 Å². The summed E-state index contributed by atoms with van der Waals surface area (Å²) in [6.45, 7) is 7.42. The molecule has 2 aromatic rings. The maximum Gasteiger partial charge on any atom is 0.408 e. The second-order valence-electron chi connectivity index (χ2n) is 10.6. The quantitative estimate of drug-likeness (QED) is 0.569. The van der Waals surface area contributed by atoms with Crippen molar-refractivity contribution in [3.05, 3.63) is 64.7 Å². The first kappa shape index (κ1) is 26.5. The Balaban J connectivity index is 1.55. The van der Waals surface area contributed by atoms with Crippen LogP contribution in [0.1, 0.15) is 51.7 Å². The van der Waals surface area contributed by atoms with Gasteiger partial charge in [0.15, 0.2) is 0 Å². The molecule has 194 valence electrons. The van der Waals surface area contributed by atoms with Crippen LogP contribution in [0.25, 0.3) is 0 Å². The molecule has 3 amide bonds. The molecule has 1 saturated heterocycles. The van der Waals surface area contributed by atoms with E-state index in [1.165, 1.54) is 4.90 Å². The van der Waals surface area contributed by atoms with Gasteiger partial charge >= 0.3 is 6.09 Å². The van der Waals surface area contributed by atoms with Crippen molar-refractivity contribution in [2.45, 2.75) is 63.6 Å². The fraction of sp³-hybridized carbons (Fsp3) is 0.429. The average Bonchev–Trinajstić information content (AvgIpc) is 3.36. The molecule has 2 aliphatic rings. The Morgan fingerprint density at radius 1 is 1.27 bits per heavy atom. The van der Waals surface area contributed by atoms with E-state index in [4.69, 9.17) is 16.3 Å². The highest BCUT2D eigenvalue weighted by molar-refractivity contribution is 6.30. The van der Waals surface area contributed by atoms with Gasteiger partial charge in [-0.05, 0) is 55.5 Å². The topological polar surface area (TPSA) is 112 Å². The van der Waals surface area contributed by atoms with Crippen molar-refractivity contribution in [2.75, 3.05) is 11.9 Å². The van der Waals surface area contributed by atoms with Crippen LogP contribution in [0.15, 0.2) is 48.5 Å². The minimum atomic E-state index is -1.00. The van der Waals surface area contributed by atoms with Gasteiger partial charge in [0, 0.05) is 23.7 Å². The summed E-state index contributed by atoms with van der Waals surface area (Å²) in [5, 5.41) is 16.0. The minimum Gasteiger partial charge on any atom is -0.439 e. The maximum absolute atomic E-state index is 13.8. The van der Waals surface area contributed by atoms with Crippen LogP contribution < -0.4 is 10.6 Å². The molecule has 4 rings (SSSR count). The van der Waals surface area contributed by atoms with Gasteiger partial charge in [0.05, 0.1) is 11.5 Å². The van der Waals surface area contributed by atoms with Crippen molar-refractivity contribution < 1.29 is 19.1 Å². The Morgan fingerprint density at radius 2 is 2.00 bits per heavy atom. The SMILES string of the molecule is CC(C)C[C@H](NC(=O)OC(C)(C)c1cccc(Cl)c1)C(=O)N1C[C@]2(C[C@H]1C#N)C(=O)Nc1ccccc12. The molecule has 3 atom stereocenters. The van der Waals surface area contributed by atoms with E-state index in [1.54, 1.807) is 32.0 Å². The first-order chi connectivity index (χ1) is 17.5. The van der Waals surface area contributed by atoms with Gasteiger partial charge in [0.1, 0.15) is 17.7 Å². The highest BCUT2D eigenvalue weighted by Gasteiger charge is 2.56. The number of fused-ring (bicyclic) bond motifs is 2. The number of carbonyl (C=O) groups excluding carboxylic acids is 3. The Morgan fingerprint density at radius 3 is 2.68 bits per heavy atom. The third kappa shape index (κ3) is 5.14. The molecule has 0 saturated carbocycles. The number of rotatable bonds is 6. The molecule has 2 heterocycles. The van der Waals surface area contributed by atoms with Gasteiger partial charge < -0.3 is 20.3 Å². The average molecular weight is 523 g/mol. The minimum absolute atomic E-state index is 0.0617. The summed E-state index contributed by atoms with van der Waals surface area (Å²) in [6.07, 6.45) is -0.218. The Kier molecular flexibility index (Phi) is 7.20. The lowest BCUT2D eigenvalue weighted by Gasteiger charge is -2.30. The molecule has 1 fully saturated rings. The molecule has 2 aromatic carbocycles. The van der Waals surface area contributed by atoms with Gasteiger partial charge in [0.2, 0.25) is 11.8 Å².